The van der Waals surface area contributed by atoms with Gasteiger partial charge in [0.25, 0.3) is 0 Å². The van der Waals surface area contributed by atoms with Crippen molar-refractivity contribution in [2.75, 3.05) is 36.5 Å². The van der Waals surface area contributed by atoms with E-state index in [4.69, 9.17) is 35.9 Å². The summed E-state index contributed by atoms with van der Waals surface area (Å²) in [5, 5.41) is 0. The van der Waals surface area contributed by atoms with Crippen molar-refractivity contribution in [1.82, 2.24) is 7.42 Å². The quantitative estimate of drug-likeness (QED) is 0.176. The van der Waals surface area contributed by atoms with Gasteiger partial charge in [-0.1, -0.05) is 48.0 Å². The van der Waals surface area contributed by atoms with Crippen molar-refractivity contribution in [2.45, 2.75) is 0 Å². The van der Waals surface area contributed by atoms with Gasteiger partial charge in [-0.25, -0.2) is 0 Å². The van der Waals surface area contributed by atoms with Crippen LogP contribution in [0.1, 0.15) is 0 Å². The molecule has 0 aliphatic rings. The molecule has 0 radical (unpaired) electrons. The Balaban J connectivity index is 0. The fourth-order valence-electron chi connectivity index (χ4n) is 1.10. The fourth-order valence-corrected chi connectivity index (χ4v) is 13.1. The molecule has 0 aromatic heterocycles. The molecule has 0 aromatic rings. The van der Waals surface area contributed by atoms with Gasteiger partial charge >= 0.3 is 129 Å². The van der Waals surface area contributed by atoms with Crippen molar-refractivity contribution in [1.29, 1.82) is 0 Å². The molecule has 0 atom stereocenters. The van der Waals surface area contributed by atoms with E-state index < -0.39 is 17.1 Å². The van der Waals surface area contributed by atoms with E-state index in [0.29, 0.717) is 8.64 Å². The summed E-state index contributed by atoms with van der Waals surface area (Å²) in [4.78, 5) is 0. The number of thiocarbonyl (C=S) groups is 4. The number of hydrogen-bond donors (Lipinski definition) is 2. The summed E-state index contributed by atoms with van der Waals surface area (Å²) in [6, 6.07) is 0. The summed E-state index contributed by atoms with van der Waals surface area (Å²) in [5.74, 6) is 1.74. The van der Waals surface area contributed by atoms with Gasteiger partial charge in [0.15, 0.2) is 0 Å². The normalized spacial score (nSPS) is 9.28. The summed E-state index contributed by atoms with van der Waals surface area (Å²) in [6.07, 6.45) is 8.15. The predicted octanol–water partition coefficient (Wildman–Crippen LogP) is 4.29. The molecule has 4 N–H and O–H groups in total. The number of thioether (sulfide) groups is 2. The van der Waals surface area contributed by atoms with Gasteiger partial charge in [0, 0.05) is 11.5 Å². The monoisotopic (exact) mass is 580 g/mol. The van der Waals surface area contributed by atoms with Gasteiger partial charge in [-0.3, -0.25) is 0 Å². The average Bonchev–Trinajstić information content (AvgIpc) is 2.54. The van der Waals surface area contributed by atoms with Crippen LogP contribution in [0.25, 0.3) is 0 Å². The summed E-state index contributed by atoms with van der Waals surface area (Å²) >= 11 is 28.5. The van der Waals surface area contributed by atoms with Crippen LogP contribution in [0.5, 0.6) is 0 Å². The first-order valence-corrected chi connectivity index (χ1v) is 17.7. The van der Waals surface area contributed by atoms with E-state index >= 15 is 0 Å². The SMILES string of the molecule is CSN(SC)[C](=S)[Zn][C](=S)N(SC)SC.NC(=S)SCCSC(N)=S. The maximum absolute atomic E-state index is 5.40. The number of rotatable bonds is 9. The Morgan fingerprint density at radius 3 is 1.20 bits per heavy atom. The standard InChI is InChI=1S/C4H8N2S4.2C3H6NS3.Zn/c5-3(7)9-1-2-10-4(6)8;2*1-6-4(3-5)7-2;/h1-2H2,(H2,5,7)(H2,6,8);2*1-2H3;. The molecule has 142 valence electrons. The molecule has 0 aromatic carbocycles. The van der Waals surface area contributed by atoms with E-state index in [1.807, 2.05) is 25.0 Å². The van der Waals surface area contributed by atoms with Gasteiger partial charge in [0.2, 0.25) is 0 Å². The molecule has 25 heavy (non-hydrogen) atoms. The maximum Gasteiger partial charge on any atom is 0.131 e. The van der Waals surface area contributed by atoms with Crippen LogP contribution in [0.4, 0.5) is 0 Å². The summed E-state index contributed by atoms with van der Waals surface area (Å²) in [6.45, 7) is 0. The molecule has 0 rings (SSSR count). The molecular weight excluding hydrogens is 562 g/mol. The minimum Gasteiger partial charge on any atom is -0.385 e. The topological polar surface area (TPSA) is 58.5 Å². The zero-order valence-corrected chi connectivity index (χ0v) is 25.4. The Bertz CT molecular complexity index is 392. The van der Waals surface area contributed by atoms with Gasteiger partial charge in [-0.05, 0) is 0 Å². The van der Waals surface area contributed by atoms with Crippen molar-refractivity contribution in [3.8, 4) is 0 Å². The van der Waals surface area contributed by atoms with Crippen molar-refractivity contribution >= 4 is 136 Å². The third-order valence-corrected chi connectivity index (χ3v) is 15.1. The first kappa shape index (κ1) is 29.5. The smallest absolute Gasteiger partial charge is 0.131 e. The molecule has 15 heteroatoms. The predicted molar refractivity (Wildman–Crippen MR) is 141 cm³/mol. The first-order chi connectivity index (χ1) is 11.7. The molecule has 0 unspecified atom stereocenters. The molecule has 4 nitrogen and oxygen atoms in total. The summed E-state index contributed by atoms with van der Waals surface area (Å²) in [7, 11) is 0. The van der Waals surface area contributed by atoms with Gasteiger partial charge in [-0.2, -0.15) is 0 Å². The minimum atomic E-state index is -1.11. The third-order valence-electron chi connectivity index (χ3n) is 1.94. The Morgan fingerprint density at radius 2 is 1.00 bits per heavy atom. The Kier molecular flexibility index (Phi) is 23.1. The van der Waals surface area contributed by atoms with E-state index in [1.54, 1.807) is 47.8 Å². The molecule has 0 aliphatic heterocycles. The molecule has 0 bridgehead atoms. The first-order valence-electron chi connectivity index (χ1n) is 6.40. The molecule has 0 saturated carbocycles. The van der Waals surface area contributed by atoms with Crippen LogP contribution in [-0.2, 0) is 17.1 Å². The molecule has 0 saturated heterocycles. The largest absolute Gasteiger partial charge is 0.385 e. The minimum absolute atomic E-state index is 0.475. The molecular formula is C10H20N4S10Zn. The Labute approximate surface area is 206 Å². The van der Waals surface area contributed by atoms with Crippen molar-refractivity contribution in [2.24, 2.45) is 11.5 Å². The fraction of sp³-hybridized carbons (Fsp3) is 0.600. The number of hydrogen-bond acceptors (Lipinski definition) is 10. The zero-order chi connectivity index (χ0) is 19.8. The van der Waals surface area contributed by atoms with Crippen molar-refractivity contribution < 1.29 is 17.1 Å². The van der Waals surface area contributed by atoms with Crippen LogP contribution in [0.3, 0.4) is 0 Å². The van der Waals surface area contributed by atoms with Crippen molar-refractivity contribution in [3.63, 3.8) is 0 Å². The van der Waals surface area contributed by atoms with E-state index in [2.05, 4.69) is 31.9 Å². The number of nitrogens with two attached hydrogens (primary N) is 2. The molecule has 0 amide bonds. The van der Waals surface area contributed by atoms with Crippen LogP contribution in [-0.4, -0.2) is 59.8 Å². The van der Waals surface area contributed by atoms with Crippen LogP contribution in [0.15, 0.2) is 0 Å². The summed E-state index contributed by atoms with van der Waals surface area (Å²) in [5.41, 5.74) is 10.5. The molecule has 0 fully saturated rings. The van der Waals surface area contributed by atoms with Crippen molar-refractivity contribution in [3.05, 3.63) is 0 Å². The second-order valence-electron chi connectivity index (χ2n) is 3.54. The summed E-state index contributed by atoms with van der Waals surface area (Å²) < 4.78 is 7.23. The average molecular weight is 582 g/mol. The van der Waals surface area contributed by atoms with E-state index in [0.717, 1.165) is 18.7 Å². The van der Waals surface area contributed by atoms with Gasteiger partial charge in [0.1, 0.15) is 8.64 Å². The van der Waals surface area contributed by atoms with Crippen LogP contribution < -0.4 is 11.5 Å². The second-order valence-corrected chi connectivity index (χ2v) is 17.2. The zero-order valence-electron chi connectivity index (χ0n) is 14.3. The number of nitrogens with zero attached hydrogens (tertiary/aromatic N) is 2. The second kappa shape index (κ2) is 19.6. The maximum atomic E-state index is 5.40. The third kappa shape index (κ3) is 18.1. The Morgan fingerprint density at radius 1 is 0.720 bits per heavy atom. The Hall–Kier alpha value is 2.28. The van der Waals surface area contributed by atoms with Gasteiger partial charge in [0.05, 0.1) is 0 Å². The molecule has 0 aliphatic carbocycles. The van der Waals surface area contributed by atoms with Gasteiger partial charge < -0.3 is 11.5 Å². The van der Waals surface area contributed by atoms with Gasteiger partial charge in [-0.15, -0.1) is 0 Å². The van der Waals surface area contributed by atoms with E-state index in [9.17, 15) is 0 Å². The van der Waals surface area contributed by atoms with Crippen LogP contribution in [0.2, 0.25) is 0 Å². The van der Waals surface area contributed by atoms with Crippen LogP contribution >= 0.6 is 120 Å². The molecule has 0 spiro atoms. The van der Waals surface area contributed by atoms with E-state index in [1.165, 1.54) is 23.5 Å². The van der Waals surface area contributed by atoms with Crippen LogP contribution in [0, 0.1) is 0 Å². The molecule has 0 heterocycles. The van der Waals surface area contributed by atoms with E-state index in [-0.39, 0.29) is 0 Å².